The lowest BCUT2D eigenvalue weighted by Crippen LogP contribution is -2.45. The summed E-state index contributed by atoms with van der Waals surface area (Å²) in [6.45, 7) is 8.39. The van der Waals surface area contributed by atoms with E-state index in [1.807, 2.05) is 0 Å². The maximum atomic E-state index is 5.78. The monoisotopic (exact) mass is 297 g/mol. The van der Waals surface area contributed by atoms with Crippen molar-refractivity contribution in [3.05, 3.63) is 29.3 Å². The van der Waals surface area contributed by atoms with Gasteiger partial charge >= 0.3 is 0 Å². The number of alkyl halides is 1. The molecular formula is C14H20BrNO. The average molecular weight is 298 g/mol. The fourth-order valence-corrected chi connectivity index (χ4v) is 2.95. The van der Waals surface area contributed by atoms with Gasteiger partial charge < -0.3 is 9.64 Å². The van der Waals surface area contributed by atoms with Crippen molar-refractivity contribution in [3.8, 4) is 0 Å². The van der Waals surface area contributed by atoms with E-state index >= 15 is 0 Å². The molecule has 0 N–H and O–H groups in total. The molecule has 0 spiro atoms. The smallest absolute Gasteiger partial charge is 0.0726 e. The van der Waals surface area contributed by atoms with Crippen LogP contribution in [0.4, 0.5) is 5.69 Å². The molecule has 0 aromatic heterocycles. The lowest BCUT2D eigenvalue weighted by Gasteiger charge is -2.37. The van der Waals surface area contributed by atoms with Gasteiger partial charge in [0, 0.05) is 24.1 Å². The summed E-state index contributed by atoms with van der Waals surface area (Å²) >= 11 is 3.58. The quantitative estimate of drug-likeness (QED) is 0.775. The van der Waals surface area contributed by atoms with Gasteiger partial charge in [0.1, 0.15) is 0 Å². The first-order valence-corrected chi connectivity index (χ1v) is 7.28. The zero-order valence-electron chi connectivity index (χ0n) is 10.7. The Balaban J connectivity index is 2.26. The first-order chi connectivity index (χ1) is 8.10. The molecule has 0 unspecified atom stereocenters. The summed E-state index contributed by atoms with van der Waals surface area (Å²) in [4.78, 5) is 2.44. The topological polar surface area (TPSA) is 12.5 Å². The van der Waals surface area contributed by atoms with Gasteiger partial charge in [-0.15, -0.1) is 0 Å². The second-order valence-electron chi connectivity index (χ2n) is 4.93. The van der Waals surface area contributed by atoms with Crippen LogP contribution in [0.15, 0.2) is 18.2 Å². The van der Waals surface area contributed by atoms with Crippen LogP contribution in [0.5, 0.6) is 0 Å². The van der Waals surface area contributed by atoms with E-state index in [9.17, 15) is 0 Å². The lowest BCUT2D eigenvalue weighted by atomic mass is 10.1. The average Bonchev–Trinajstić information content (AvgIpc) is 2.27. The number of morpholine rings is 1. The third kappa shape index (κ3) is 3.02. The first-order valence-electron chi connectivity index (χ1n) is 6.16. The molecule has 2 rings (SSSR count). The standard InChI is InChI=1S/C14H20BrNO/c1-10-4-5-14(13(6-10)7-15)16-8-11(2)17-12(3)9-16/h4-6,11-12H,7-9H2,1-3H3/t11-,12+. The third-order valence-corrected chi connectivity index (χ3v) is 3.74. The minimum atomic E-state index is 0.309. The van der Waals surface area contributed by atoms with E-state index in [1.165, 1.54) is 16.8 Å². The zero-order chi connectivity index (χ0) is 12.4. The molecule has 1 aromatic rings. The van der Waals surface area contributed by atoms with E-state index in [4.69, 9.17) is 4.74 Å². The van der Waals surface area contributed by atoms with Gasteiger partial charge in [0.25, 0.3) is 0 Å². The van der Waals surface area contributed by atoms with Gasteiger partial charge in [0.15, 0.2) is 0 Å². The molecule has 0 saturated carbocycles. The molecule has 0 bridgehead atoms. The molecule has 1 aromatic carbocycles. The minimum Gasteiger partial charge on any atom is -0.372 e. The van der Waals surface area contributed by atoms with Gasteiger partial charge in [0.05, 0.1) is 12.2 Å². The van der Waals surface area contributed by atoms with Crippen molar-refractivity contribution in [2.45, 2.75) is 38.3 Å². The van der Waals surface area contributed by atoms with Crippen LogP contribution in [0.25, 0.3) is 0 Å². The number of benzene rings is 1. The van der Waals surface area contributed by atoms with Crippen LogP contribution >= 0.6 is 15.9 Å². The SMILES string of the molecule is Cc1ccc(N2C[C@@H](C)O[C@@H](C)C2)c(CBr)c1. The summed E-state index contributed by atoms with van der Waals surface area (Å²) in [7, 11) is 0. The molecular weight excluding hydrogens is 278 g/mol. The highest BCUT2D eigenvalue weighted by molar-refractivity contribution is 9.08. The summed E-state index contributed by atoms with van der Waals surface area (Å²) in [5.74, 6) is 0. The summed E-state index contributed by atoms with van der Waals surface area (Å²) < 4.78 is 5.78. The van der Waals surface area contributed by atoms with E-state index < -0.39 is 0 Å². The van der Waals surface area contributed by atoms with Crippen LogP contribution < -0.4 is 4.90 Å². The second kappa shape index (κ2) is 5.40. The number of aryl methyl sites for hydroxylation is 1. The molecule has 1 aliphatic rings. The fraction of sp³-hybridized carbons (Fsp3) is 0.571. The Hall–Kier alpha value is -0.540. The third-order valence-electron chi connectivity index (χ3n) is 3.14. The van der Waals surface area contributed by atoms with Crippen LogP contribution in [-0.2, 0) is 10.1 Å². The zero-order valence-corrected chi connectivity index (χ0v) is 12.3. The number of rotatable bonds is 2. The molecule has 2 atom stereocenters. The van der Waals surface area contributed by atoms with E-state index in [1.54, 1.807) is 0 Å². The molecule has 0 aliphatic carbocycles. The highest BCUT2D eigenvalue weighted by Crippen LogP contribution is 2.27. The molecule has 0 radical (unpaired) electrons. The van der Waals surface area contributed by atoms with Gasteiger partial charge in [-0.3, -0.25) is 0 Å². The van der Waals surface area contributed by atoms with Crippen molar-refractivity contribution in [1.29, 1.82) is 0 Å². The molecule has 94 valence electrons. The Kier molecular flexibility index (Phi) is 4.10. The van der Waals surface area contributed by atoms with E-state index in [0.29, 0.717) is 12.2 Å². The van der Waals surface area contributed by atoms with Crippen LogP contribution in [0.3, 0.4) is 0 Å². The van der Waals surface area contributed by atoms with Crippen molar-refractivity contribution in [2.75, 3.05) is 18.0 Å². The first kappa shape index (κ1) is 12.9. The van der Waals surface area contributed by atoms with Crippen LogP contribution in [0, 0.1) is 6.92 Å². The van der Waals surface area contributed by atoms with Crippen molar-refractivity contribution < 1.29 is 4.74 Å². The number of halogens is 1. The normalized spacial score (nSPS) is 25.1. The van der Waals surface area contributed by atoms with Gasteiger partial charge in [-0.25, -0.2) is 0 Å². The summed E-state index contributed by atoms with van der Waals surface area (Å²) in [5.41, 5.74) is 4.03. The molecule has 17 heavy (non-hydrogen) atoms. The summed E-state index contributed by atoms with van der Waals surface area (Å²) in [6.07, 6.45) is 0.617. The fourth-order valence-electron chi connectivity index (χ4n) is 2.50. The highest BCUT2D eigenvalue weighted by Gasteiger charge is 2.23. The van der Waals surface area contributed by atoms with Crippen molar-refractivity contribution >= 4 is 21.6 Å². The van der Waals surface area contributed by atoms with Gasteiger partial charge in [-0.2, -0.15) is 0 Å². The Bertz CT molecular complexity index is 384. The van der Waals surface area contributed by atoms with Crippen molar-refractivity contribution in [1.82, 2.24) is 0 Å². The van der Waals surface area contributed by atoms with E-state index in [0.717, 1.165) is 18.4 Å². The number of nitrogens with zero attached hydrogens (tertiary/aromatic N) is 1. The number of hydrogen-bond acceptors (Lipinski definition) is 2. The molecule has 0 amide bonds. The van der Waals surface area contributed by atoms with Gasteiger partial charge in [-0.05, 0) is 32.4 Å². The van der Waals surface area contributed by atoms with Crippen molar-refractivity contribution in [3.63, 3.8) is 0 Å². The number of ether oxygens (including phenoxy) is 1. The van der Waals surface area contributed by atoms with E-state index in [-0.39, 0.29) is 0 Å². The van der Waals surface area contributed by atoms with E-state index in [2.05, 4.69) is 59.8 Å². The van der Waals surface area contributed by atoms with Gasteiger partial charge in [-0.1, -0.05) is 33.6 Å². The molecule has 3 heteroatoms. The minimum absolute atomic E-state index is 0.309. The Morgan fingerprint density at radius 1 is 1.29 bits per heavy atom. The number of anilines is 1. The summed E-state index contributed by atoms with van der Waals surface area (Å²) in [6, 6.07) is 6.68. The molecule has 2 nitrogen and oxygen atoms in total. The Labute approximate surface area is 112 Å². The predicted molar refractivity (Wildman–Crippen MR) is 76.0 cm³/mol. The lowest BCUT2D eigenvalue weighted by molar-refractivity contribution is -0.00524. The molecule has 1 saturated heterocycles. The summed E-state index contributed by atoms with van der Waals surface area (Å²) in [5, 5.41) is 0.907. The van der Waals surface area contributed by atoms with Crippen LogP contribution in [-0.4, -0.2) is 25.3 Å². The Morgan fingerprint density at radius 2 is 1.94 bits per heavy atom. The predicted octanol–water partition coefficient (Wildman–Crippen LogP) is 3.50. The van der Waals surface area contributed by atoms with Crippen LogP contribution in [0.1, 0.15) is 25.0 Å². The Morgan fingerprint density at radius 3 is 2.53 bits per heavy atom. The largest absolute Gasteiger partial charge is 0.372 e. The number of hydrogen-bond donors (Lipinski definition) is 0. The maximum Gasteiger partial charge on any atom is 0.0726 e. The second-order valence-corrected chi connectivity index (χ2v) is 5.49. The molecule has 1 heterocycles. The van der Waals surface area contributed by atoms with Crippen molar-refractivity contribution in [2.24, 2.45) is 0 Å². The highest BCUT2D eigenvalue weighted by atomic mass is 79.9. The molecule has 1 aliphatic heterocycles. The molecule has 1 fully saturated rings. The van der Waals surface area contributed by atoms with Crippen LogP contribution in [0.2, 0.25) is 0 Å². The van der Waals surface area contributed by atoms with Gasteiger partial charge in [0.2, 0.25) is 0 Å². The maximum absolute atomic E-state index is 5.78.